The quantitative estimate of drug-likeness (QED) is 0.805. The summed E-state index contributed by atoms with van der Waals surface area (Å²) in [6.45, 7) is 0.117. The van der Waals surface area contributed by atoms with Gasteiger partial charge in [0.15, 0.2) is 0 Å². The second-order valence-corrected chi connectivity index (χ2v) is 4.14. The second kappa shape index (κ2) is 6.12. The zero-order valence-electron chi connectivity index (χ0n) is 10.9. The standard InChI is InChI=1S/C14H14FN3O2/c1-16-9-13(19)17-18-8-4-7-12(18)14(20)10-5-2-3-6-11(10)15/h2-8,16H,9H2,1H3,(H,17,19). The Kier molecular flexibility index (Phi) is 4.27. The molecule has 0 spiro atoms. The molecule has 2 aromatic rings. The number of hydrogen-bond donors (Lipinski definition) is 2. The van der Waals surface area contributed by atoms with E-state index in [1.807, 2.05) is 0 Å². The van der Waals surface area contributed by atoms with Crippen molar-refractivity contribution in [2.45, 2.75) is 0 Å². The first kappa shape index (κ1) is 14.0. The van der Waals surface area contributed by atoms with E-state index in [9.17, 15) is 14.0 Å². The predicted octanol–water partition coefficient (Wildman–Crippen LogP) is 1.15. The second-order valence-electron chi connectivity index (χ2n) is 4.14. The molecule has 2 N–H and O–H groups in total. The Morgan fingerprint density at radius 1 is 1.20 bits per heavy atom. The molecule has 0 aliphatic rings. The van der Waals surface area contributed by atoms with E-state index in [2.05, 4.69) is 10.7 Å². The minimum absolute atomic E-state index is 0.0321. The number of ketones is 1. The minimum atomic E-state index is -0.591. The Morgan fingerprint density at radius 2 is 1.95 bits per heavy atom. The van der Waals surface area contributed by atoms with Crippen LogP contribution in [0.15, 0.2) is 42.6 Å². The summed E-state index contributed by atoms with van der Waals surface area (Å²) in [6, 6.07) is 8.86. The van der Waals surface area contributed by atoms with Crippen molar-refractivity contribution in [1.29, 1.82) is 0 Å². The molecular formula is C14H14FN3O2. The van der Waals surface area contributed by atoms with Gasteiger partial charge in [-0.15, -0.1) is 0 Å². The summed E-state index contributed by atoms with van der Waals surface area (Å²) >= 11 is 0. The number of nitrogens with zero attached hydrogens (tertiary/aromatic N) is 1. The summed E-state index contributed by atoms with van der Waals surface area (Å²) in [4.78, 5) is 23.8. The maximum absolute atomic E-state index is 13.6. The first-order valence-electron chi connectivity index (χ1n) is 6.04. The molecule has 0 bridgehead atoms. The molecule has 5 nitrogen and oxygen atoms in total. The van der Waals surface area contributed by atoms with Gasteiger partial charge in [0.25, 0.3) is 5.91 Å². The SMILES string of the molecule is CNCC(=O)Nn1cccc1C(=O)c1ccccc1F. The van der Waals surface area contributed by atoms with Gasteiger partial charge in [-0.25, -0.2) is 4.39 Å². The zero-order valence-corrected chi connectivity index (χ0v) is 10.9. The average molecular weight is 275 g/mol. The maximum atomic E-state index is 13.6. The minimum Gasteiger partial charge on any atom is -0.311 e. The van der Waals surface area contributed by atoms with Crippen LogP contribution in [0.2, 0.25) is 0 Å². The van der Waals surface area contributed by atoms with Gasteiger partial charge >= 0.3 is 0 Å². The molecule has 0 radical (unpaired) electrons. The molecule has 0 saturated carbocycles. The summed E-state index contributed by atoms with van der Waals surface area (Å²) in [6.07, 6.45) is 1.53. The predicted molar refractivity (Wildman–Crippen MR) is 72.6 cm³/mol. The number of aromatic nitrogens is 1. The molecule has 1 aromatic heterocycles. The normalized spacial score (nSPS) is 10.3. The molecular weight excluding hydrogens is 261 g/mol. The van der Waals surface area contributed by atoms with Gasteiger partial charge in [0.2, 0.25) is 5.78 Å². The Labute approximate surface area is 115 Å². The van der Waals surface area contributed by atoms with Gasteiger partial charge in [-0.1, -0.05) is 12.1 Å². The first-order chi connectivity index (χ1) is 9.63. The maximum Gasteiger partial charge on any atom is 0.252 e. The number of halogens is 1. The number of amides is 1. The molecule has 0 aliphatic heterocycles. The lowest BCUT2D eigenvalue weighted by Crippen LogP contribution is -2.32. The molecule has 0 saturated heterocycles. The number of benzene rings is 1. The van der Waals surface area contributed by atoms with Crippen molar-refractivity contribution in [3.8, 4) is 0 Å². The Morgan fingerprint density at radius 3 is 2.65 bits per heavy atom. The van der Waals surface area contributed by atoms with E-state index in [0.717, 1.165) is 0 Å². The Bertz CT molecular complexity index is 637. The fraction of sp³-hybridized carbons (Fsp3) is 0.143. The molecule has 1 heterocycles. The summed E-state index contributed by atoms with van der Waals surface area (Å²) in [5.41, 5.74) is 2.70. The highest BCUT2D eigenvalue weighted by Crippen LogP contribution is 2.13. The molecule has 2 rings (SSSR count). The molecule has 0 aliphatic carbocycles. The van der Waals surface area contributed by atoms with Crippen LogP contribution in [0, 0.1) is 5.82 Å². The van der Waals surface area contributed by atoms with E-state index in [0.29, 0.717) is 0 Å². The van der Waals surface area contributed by atoms with Crippen molar-refractivity contribution in [3.63, 3.8) is 0 Å². The van der Waals surface area contributed by atoms with E-state index in [1.165, 1.54) is 35.1 Å². The lowest BCUT2D eigenvalue weighted by molar-refractivity contribution is -0.116. The van der Waals surface area contributed by atoms with Gasteiger partial charge in [0.05, 0.1) is 12.1 Å². The van der Waals surface area contributed by atoms with Gasteiger partial charge in [-0.2, -0.15) is 0 Å². The van der Waals surface area contributed by atoms with Crippen LogP contribution in [-0.2, 0) is 4.79 Å². The summed E-state index contributed by atoms with van der Waals surface area (Å²) < 4.78 is 14.9. The van der Waals surface area contributed by atoms with Crippen LogP contribution in [-0.4, -0.2) is 30.0 Å². The number of hydrogen-bond acceptors (Lipinski definition) is 3. The van der Waals surface area contributed by atoms with Gasteiger partial charge in [-0.3, -0.25) is 19.7 Å². The van der Waals surface area contributed by atoms with Crippen molar-refractivity contribution >= 4 is 11.7 Å². The molecule has 20 heavy (non-hydrogen) atoms. The molecule has 6 heteroatoms. The summed E-state index contributed by atoms with van der Waals surface area (Å²) in [5, 5.41) is 2.70. The molecule has 0 atom stereocenters. The fourth-order valence-corrected chi connectivity index (χ4v) is 1.78. The monoisotopic (exact) mass is 275 g/mol. The van der Waals surface area contributed by atoms with Crippen molar-refractivity contribution in [2.75, 3.05) is 19.0 Å². The molecule has 1 aromatic carbocycles. The third kappa shape index (κ3) is 2.92. The van der Waals surface area contributed by atoms with Gasteiger partial charge in [-0.05, 0) is 31.3 Å². The van der Waals surface area contributed by atoms with Gasteiger partial charge in [0, 0.05) is 6.20 Å². The van der Waals surface area contributed by atoms with Crippen LogP contribution in [0.1, 0.15) is 16.1 Å². The lowest BCUT2D eigenvalue weighted by Gasteiger charge is -2.10. The highest BCUT2D eigenvalue weighted by molar-refractivity contribution is 6.08. The van der Waals surface area contributed by atoms with Crippen molar-refractivity contribution in [2.24, 2.45) is 0 Å². The largest absolute Gasteiger partial charge is 0.311 e. The number of carbonyl (C=O) groups is 2. The van der Waals surface area contributed by atoms with Crippen LogP contribution in [0.25, 0.3) is 0 Å². The number of likely N-dealkylation sites (N-methyl/N-ethyl adjacent to an activating group) is 1. The van der Waals surface area contributed by atoms with E-state index in [1.54, 1.807) is 19.2 Å². The third-order valence-corrected chi connectivity index (χ3v) is 2.68. The lowest BCUT2D eigenvalue weighted by atomic mass is 10.1. The van der Waals surface area contributed by atoms with Crippen LogP contribution in [0.5, 0.6) is 0 Å². The Hall–Kier alpha value is -2.47. The van der Waals surface area contributed by atoms with Crippen molar-refractivity contribution in [3.05, 3.63) is 59.7 Å². The summed E-state index contributed by atoms with van der Waals surface area (Å²) in [5.74, 6) is -1.38. The van der Waals surface area contributed by atoms with Crippen LogP contribution < -0.4 is 10.7 Å². The third-order valence-electron chi connectivity index (χ3n) is 2.68. The van der Waals surface area contributed by atoms with Crippen LogP contribution in [0.4, 0.5) is 4.39 Å². The topological polar surface area (TPSA) is 63.1 Å². The summed E-state index contributed by atoms with van der Waals surface area (Å²) in [7, 11) is 1.64. The highest BCUT2D eigenvalue weighted by Gasteiger charge is 2.17. The fourth-order valence-electron chi connectivity index (χ4n) is 1.78. The van der Waals surface area contributed by atoms with Gasteiger partial charge in [0.1, 0.15) is 11.5 Å². The highest BCUT2D eigenvalue weighted by atomic mass is 19.1. The number of nitrogens with one attached hydrogen (secondary N) is 2. The first-order valence-corrected chi connectivity index (χ1v) is 6.04. The van der Waals surface area contributed by atoms with Crippen LogP contribution >= 0.6 is 0 Å². The zero-order chi connectivity index (χ0) is 14.5. The average Bonchev–Trinajstić information content (AvgIpc) is 2.87. The number of carbonyl (C=O) groups excluding carboxylic acids is 2. The molecule has 0 fully saturated rings. The van der Waals surface area contributed by atoms with E-state index >= 15 is 0 Å². The van der Waals surface area contributed by atoms with Crippen LogP contribution in [0.3, 0.4) is 0 Å². The molecule has 1 amide bonds. The van der Waals surface area contributed by atoms with Crippen molar-refractivity contribution < 1.29 is 14.0 Å². The Balaban J connectivity index is 2.26. The van der Waals surface area contributed by atoms with E-state index < -0.39 is 11.6 Å². The van der Waals surface area contributed by atoms with E-state index in [4.69, 9.17) is 0 Å². The van der Waals surface area contributed by atoms with E-state index in [-0.39, 0.29) is 23.7 Å². The molecule has 104 valence electrons. The molecule has 0 unspecified atom stereocenters. The van der Waals surface area contributed by atoms with Gasteiger partial charge < -0.3 is 5.32 Å². The van der Waals surface area contributed by atoms with Crippen molar-refractivity contribution in [1.82, 2.24) is 9.99 Å². The smallest absolute Gasteiger partial charge is 0.252 e. The number of rotatable bonds is 5.